The Kier molecular flexibility index (Phi) is 5.94. The first-order chi connectivity index (χ1) is 15.5. The second-order valence-corrected chi connectivity index (χ2v) is 6.96. The van der Waals surface area contributed by atoms with E-state index < -0.39 is 5.91 Å². The van der Waals surface area contributed by atoms with Gasteiger partial charge >= 0.3 is 6.01 Å². The van der Waals surface area contributed by atoms with Crippen LogP contribution in [0.25, 0.3) is 11.5 Å². The molecule has 2 N–H and O–H groups in total. The van der Waals surface area contributed by atoms with Crippen LogP contribution >= 0.6 is 0 Å². The van der Waals surface area contributed by atoms with E-state index in [2.05, 4.69) is 20.8 Å². The van der Waals surface area contributed by atoms with Crippen LogP contribution in [0.15, 0.2) is 77.2 Å². The summed E-state index contributed by atoms with van der Waals surface area (Å²) in [7, 11) is 1.58. The van der Waals surface area contributed by atoms with Gasteiger partial charge in [-0.3, -0.25) is 14.9 Å². The van der Waals surface area contributed by atoms with Gasteiger partial charge in [0, 0.05) is 11.1 Å². The zero-order valence-electron chi connectivity index (χ0n) is 17.5. The van der Waals surface area contributed by atoms with Crippen LogP contribution in [0.5, 0.6) is 5.75 Å². The third-order valence-electron chi connectivity index (χ3n) is 4.68. The minimum absolute atomic E-state index is 0.0550. The molecule has 0 saturated carbocycles. The van der Waals surface area contributed by atoms with Crippen LogP contribution in [0, 0.1) is 6.92 Å². The number of nitrogens with zero attached hydrogens (tertiary/aromatic N) is 2. The minimum Gasteiger partial charge on any atom is -0.497 e. The quantitative estimate of drug-likeness (QED) is 0.466. The number of carbonyl (C=O) groups excluding carboxylic acids is 2. The molecule has 0 spiro atoms. The molecule has 0 aliphatic rings. The average Bonchev–Trinajstić information content (AvgIpc) is 3.28. The zero-order valence-corrected chi connectivity index (χ0v) is 17.5. The Morgan fingerprint density at radius 1 is 0.875 bits per heavy atom. The molecule has 0 saturated heterocycles. The van der Waals surface area contributed by atoms with E-state index in [9.17, 15) is 9.59 Å². The van der Waals surface area contributed by atoms with Gasteiger partial charge in [-0.1, -0.05) is 34.9 Å². The number of nitrogens with one attached hydrogen (secondary N) is 2. The molecule has 1 aromatic heterocycles. The third-order valence-corrected chi connectivity index (χ3v) is 4.68. The number of aryl methyl sites for hydroxylation is 1. The fourth-order valence-electron chi connectivity index (χ4n) is 3.06. The van der Waals surface area contributed by atoms with Crippen molar-refractivity contribution in [2.24, 2.45) is 0 Å². The lowest BCUT2D eigenvalue weighted by molar-refractivity contribution is 0.102. The van der Waals surface area contributed by atoms with Gasteiger partial charge in [0.2, 0.25) is 5.89 Å². The first kappa shape index (κ1) is 20.8. The van der Waals surface area contributed by atoms with Gasteiger partial charge in [0.25, 0.3) is 11.8 Å². The molecule has 0 fully saturated rings. The number of hydrogen-bond acceptors (Lipinski definition) is 6. The largest absolute Gasteiger partial charge is 0.497 e. The maximum atomic E-state index is 12.8. The second-order valence-electron chi connectivity index (χ2n) is 6.96. The molecule has 0 radical (unpaired) electrons. The third kappa shape index (κ3) is 4.65. The van der Waals surface area contributed by atoms with Crippen LogP contribution < -0.4 is 15.4 Å². The van der Waals surface area contributed by atoms with Crippen LogP contribution in [-0.4, -0.2) is 29.1 Å². The predicted molar refractivity (Wildman–Crippen MR) is 120 cm³/mol. The van der Waals surface area contributed by atoms with Crippen LogP contribution in [0.3, 0.4) is 0 Å². The van der Waals surface area contributed by atoms with Gasteiger partial charge in [0.15, 0.2) is 0 Å². The number of ether oxygens (including phenoxy) is 1. The number of benzene rings is 3. The van der Waals surface area contributed by atoms with Crippen LogP contribution in [0.2, 0.25) is 0 Å². The molecular formula is C24H20N4O4. The van der Waals surface area contributed by atoms with E-state index in [1.54, 1.807) is 73.8 Å². The summed E-state index contributed by atoms with van der Waals surface area (Å²) in [5.41, 5.74) is 2.78. The normalized spacial score (nSPS) is 10.4. The molecule has 8 heteroatoms. The van der Waals surface area contributed by atoms with E-state index in [4.69, 9.17) is 9.15 Å². The smallest absolute Gasteiger partial charge is 0.322 e. The number of hydrogen-bond donors (Lipinski definition) is 2. The van der Waals surface area contributed by atoms with Gasteiger partial charge in [-0.05, 0) is 55.5 Å². The number of aromatic nitrogens is 2. The lowest BCUT2D eigenvalue weighted by atomic mass is 10.1. The van der Waals surface area contributed by atoms with E-state index in [1.165, 1.54) is 0 Å². The van der Waals surface area contributed by atoms with Crippen molar-refractivity contribution in [1.29, 1.82) is 0 Å². The topological polar surface area (TPSA) is 106 Å². The van der Waals surface area contributed by atoms with Gasteiger partial charge in [-0.2, -0.15) is 0 Å². The van der Waals surface area contributed by atoms with Crippen molar-refractivity contribution < 1.29 is 18.7 Å². The van der Waals surface area contributed by atoms with Crippen molar-refractivity contribution in [1.82, 2.24) is 10.2 Å². The van der Waals surface area contributed by atoms with Crippen LogP contribution in [0.1, 0.15) is 26.3 Å². The maximum absolute atomic E-state index is 12.8. The molecule has 0 unspecified atom stereocenters. The molecular weight excluding hydrogens is 408 g/mol. The van der Waals surface area contributed by atoms with Crippen LogP contribution in [-0.2, 0) is 0 Å². The molecule has 32 heavy (non-hydrogen) atoms. The zero-order chi connectivity index (χ0) is 22.5. The maximum Gasteiger partial charge on any atom is 0.322 e. The fraction of sp³-hybridized carbons (Fsp3) is 0.0833. The number of anilines is 2. The summed E-state index contributed by atoms with van der Waals surface area (Å²) in [6, 6.07) is 20.9. The summed E-state index contributed by atoms with van der Waals surface area (Å²) in [5.74, 6) is 0.152. The summed E-state index contributed by atoms with van der Waals surface area (Å²) in [5, 5.41) is 13.2. The molecule has 0 bridgehead atoms. The Hall–Kier alpha value is -4.46. The molecule has 1 heterocycles. The highest BCUT2D eigenvalue weighted by molar-refractivity contribution is 6.12. The molecule has 4 aromatic rings. The Bertz CT molecular complexity index is 1270. The van der Waals surface area contributed by atoms with E-state index >= 15 is 0 Å². The van der Waals surface area contributed by atoms with E-state index in [-0.39, 0.29) is 23.4 Å². The fourth-order valence-corrected chi connectivity index (χ4v) is 3.06. The monoisotopic (exact) mass is 428 g/mol. The Morgan fingerprint density at radius 3 is 2.41 bits per heavy atom. The summed E-state index contributed by atoms with van der Waals surface area (Å²) in [6.07, 6.45) is 0. The number of rotatable bonds is 6. The Balaban J connectivity index is 1.49. The lowest BCUT2D eigenvalue weighted by Gasteiger charge is -2.10. The summed E-state index contributed by atoms with van der Waals surface area (Å²) >= 11 is 0. The summed E-state index contributed by atoms with van der Waals surface area (Å²) in [4.78, 5) is 25.4. The molecule has 0 aliphatic carbocycles. The molecule has 160 valence electrons. The minimum atomic E-state index is -0.491. The molecule has 8 nitrogen and oxygen atoms in total. The van der Waals surface area contributed by atoms with E-state index in [0.29, 0.717) is 22.6 Å². The highest BCUT2D eigenvalue weighted by Crippen LogP contribution is 2.23. The second kappa shape index (κ2) is 9.13. The van der Waals surface area contributed by atoms with Crippen molar-refractivity contribution in [3.63, 3.8) is 0 Å². The first-order valence-corrected chi connectivity index (χ1v) is 9.80. The SMILES string of the molecule is COc1ccc(-c2nnc(NC(=O)c3ccccc3NC(=O)c3cccc(C)c3)o2)cc1. The lowest BCUT2D eigenvalue weighted by Crippen LogP contribution is -2.18. The van der Waals surface area contributed by atoms with Gasteiger partial charge in [-0.15, -0.1) is 5.10 Å². The van der Waals surface area contributed by atoms with Crippen molar-refractivity contribution in [2.75, 3.05) is 17.7 Å². The van der Waals surface area contributed by atoms with E-state index in [1.807, 2.05) is 13.0 Å². The predicted octanol–water partition coefficient (Wildman–Crippen LogP) is 4.56. The van der Waals surface area contributed by atoms with Crippen molar-refractivity contribution in [3.05, 3.63) is 89.5 Å². The first-order valence-electron chi connectivity index (χ1n) is 9.80. The van der Waals surface area contributed by atoms with Gasteiger partial charge in [0.1, 0.15) is 5.75 Å². The van der Waals surface area contributed by atoms with Crippen molar-refractivity contribution >= 4 is 23.5 Å². The molecule has 2 amide bonds. The van der Waals surface area contributed by atoms with Gasteiger partial charge in [-0.25, -0.2) is 0 Å². The molecule has 0 aliphatic heterocycles. The molecule has 3 aromatic carbocycles. The standard InChI is InChI=1S/C24H20N4O4/c1-15-6-5-7-17(14-15)21(29)25-20-9-4-3-8-19(20)22(30)26-24-28-27-23(32-24)16-10-12-18(31-2)13-11-16/h3-14H,1-2H3,(H,25,29)(H,26,28,30). The van der Waals surface area contributed by atoms with Gasteiger partial charge in [0.05, 0.1) is 18.4 Å². The highest BCUT2D eigenvalue weighted by Gasteiger charge is 2.17. The highest BCUT2D eigenvalue weighted by atomic mass is 16.5. The Morgan fingerprint density at radius 2 is 1.66 bits per heavy atom. The summed E-state index contributed by atoms with van der Waals surface area (Å²) in [6.45, 7) is 1.91. The summed E-state index contributed by atoms with van der Waals surface area (Å²) < 4.78 is 10.7. The number of methoxy groups -OCH3 is 1. The molecule has 4 rings (SSSR count). The molecule has 0 atom stereocenters. The van der Waals surface area contributed by atoms with Crippen molar-refractivity contribution in [3.8, 4) is 17.2 Å². The van der Waals surface area contributed by atoms with Crippen LogP contribution in [0.4, 0.5) is 11.7 Å². The average molecular weight is 428 g/mol. The van der Waals surface area contributed by atoms with Crippen molar-refractivity contribution in [2.45, 2.75) is 6.92 Å². The van der Waals surface area contributed by atoms with E-state index in [0.717, 1.165) is 5.56 Å². The Labute approximate surface area is 184 Å². The van der Waals surface area contributed by atoms with Gasteiger partial charge < -0.3 is 14.5 Å². The number of amides is 2. The number of para-hydroxylation sites is 1. The number of carbonyl (C=O) groups is 2.